The summed E-state index contributed by atoms with van der Waals surface area (Å²) in [6, 6.07) is 20.3. The molecule has 9 heteroatoms. The number of benzene rings is 2. The van der Waals surface area contributed by atoms with Crippen LogP contribution in [0.15, 0.2) is 73.2 Å². The maximum absolute atomic E-state index is 14.7. The quantitative estimate of drug-likeness (QED) is 0.293. The Bertz CT molecular complexity index is 1440. The van der Waals surface area contributed by atoms with Crippen LogP contribution < -0.4 is 16.1 Å². The summed E-state index contributed by atoms with van der Waals surface area (Å²) in [6.07, 6.45) is 6.84. The third-order valence-corrected chi connectivity index (χ3v) is 12.4. The van der Waals surface area contributed by atoms with Crippen LogP contribution in [-0.2, 0) is 9.16 Å². The molecule has 4 aromatic rings. The molecule has 0 aliphatic carbocycles. The minimum atomic E-state index is -2.95. The first-order chi connectivity index (χ1) is 18.1. The van der Waals surface area contributed by atoms with E-state index in [0.29, 0.717) is 0 Å². The minimum Gasteiger partial charge on any atom is -0.403 e. The second kappa shape index (κ2) is 9.64. The van der Waals surface area contributed by atoms with Gasteiger partial charge in [-0.05, 0) is 15.4 Å². The van der Waals surface area contributed by atoms with Gasteiger partial charge in [0.05, 0.1) is 12.0 Å². The molecule has 0 radical (unpaired) electrons. The van der Waals surface area contributed by atoms with Gasteiger partial charge in [0.25, 0.3) is 8.32 Å². The lowest BCUT2D eigenvalue weighted by Crippen LogP contribution is -2.68. The van der Waals surface area contributed by atoms with E-state index in [1.807, 2.05) is 36.4 Å². The number of nitrogen functional groups attached to an aromatic ring is 1. The van der Waals surface area contributed by atoms with E-state index in [-0.39, 0.29) is 34.9 Å². The van der Waals surface area contributed by atoms with Crippen molar-refractivity contribution in [3.05, 3.63) is 79.0 Å². The molecule has 1 saturated heterocycles. The van der Waals surface area contributed by atoms with Gasteiger partial charge in [0.1, 0.15) is 24.5 Å². The highest BCUT2D eigenvalue weighted by atomic mass is 28.4. The molecule has 5 rings (SSSR count). The molecule has 38 heavy (non-hydrogen) atoms. The SMILES string of the molecule is C#C[C@]1(CO[Si](c2ccccc2)(c2ccccc2)C(C)(C)C)O[C@@H](n2cc(F)c3c(N)ncnc32)C[C@@H]1O. The number of anilines is 1. The van der Waals surface area contributed by atoms with E-state index >= 15 is 0 Å². The number of aliphatic hydroxyl groups is 1. The molecule has 1 fully saturated rings. The minimum absolute atomic E-state index is 0.0306. The van der Waals surface area contributed by atoms with Crippen molar-refractivity contribution >= 4 is 35.5 Å². The lowest BCUT2D eigenvalue weighted by Gasteiger charge is -2.44. The number of terminal acetylenes is 1. The predicted molar refractivity (Wildman–Crippen MR) is 148 cm³/mol. The van der Waals surface area contributed by atoms with Crippen molar-refractivity contribution in [1.29, 1.82) is 0 Å². The number of ether oxygens (including phenoxy) is 1. The maximum atomic E-state index is 14.7. The second-order valence-electron chi connectivity index (χ2n) is 10.7. The van der Waals surface area contributed by atoms with Gasteiger partial charge in [-0.25, -0.2) is 14.4 Å². The van der Waals surface area contributed by atoms with Crippen LogP contribution >= 0.6 is 0 Å². The lowest BCUT2D eigenvalue weighted by atomic mass is 9.99. The molecule has 2 aromatic carbocycles. The van der Waals surface area contributed by atoms with Crippen molar-refractivity contribution in [3.63, 3.8) is 0 Å². The maximum Gasteiger partial charge on any atom is 0.261 e. The van der Waals surface area contributed by atoms with E-state index < -0.39 is 32.1 Å². The predicted octanol–water partition coefficient (Wildman–Crippen LogP) is 3.38. The van der Waals surface area contributed by atoms with Crippen molar-refractivity contribution in [2.24, 2.45) is 0 Å². The number of aromatic nitrogens is 3. The molecule has 7 nitrogen and oxygen atoms in total. The summed E-state index contributed by atoms with van der Waals surface area (Å²) in [5.74, 6) is 2.14. The summed E-state index contributed by atoms with van der Waals surface area (Å²) in [4.78, 5) is 8.08. The van der Waals surface area contributed by atoms with Crippen LogP contribution in [0.25, 0.3) is 11.0 Å². The Morgan fingerprint density at radius 1 is 1.16 bits per heavy atom. The fraction of sp³-hybridized carbons (Fsp3) is 0.310. The van der Waals surface area contributed by atoms with Crippen LogP contribution in [0, 0.1) is 18.2 Å². The average molecular weight is 531 g/mol. The molecule has 0 bridgehead atoms. The zero-order chi connectivity index (χ0) is 27.1. The van der Waals surface area contributed by atoms with E-state index in [2.05, 4.69) is 60.9 Å². The Kier molecular flexibility index (Phi) is 6.61. The fourth-order valence-corrected chi connectivity index (χ4v) is 10.1. The fourth-order valence-electron chi connectivity index (χ4n) is 5.48. The van der Waals surface area contributed by atoms with Gasteiger partial charge in [-0.1, -0.05) is 87.4 Å². The summed E-state index contributed by atoms with van der Waals surface area (Å²) >= 11 is 0. The molecule has 0 amide bonds. The van der Waals surface area contributed by atoms with Crippen LogP contribution in [-0.4, -0.2) is 46.3 Å². The van der Waals surface area contributed by atoms with Gasteiger partial charge in [0, 0.05) is 12.6 Å². The number of aliphatic hydroxyl groups excluding tert-OH is 1. The van der Waals surface area contributed by atoms with Crippen LogP contribution in [0.4, 0.5) is 10.2 Å². The van der Waals surface area contributed by atoms with Crippen molar-refractivity contribution < 1.29 is 18.7 Å². The zero-order valence-corrected chi connectivity index (χ0v) is 22.6. The van der Waals surface area contributed by atoms with Crippen molar-refractivity contribution in [2.75, 3.05) is 12.3 Å². The molecule has 0 unspecified atom stereocenters. The summed E-state index contributed by atoms with van der Waals surface area (Å²) < 4.78 is 29.6. The van der Waals surface area contributed by atoms with Crippen molar-refractivity contribution in [1.82, 2.24) is 14.5 Å². The first-order valence-corrected chi connectivity index (χ1v) is 14.4. The number of nitrogens with two attached hydrogens (primary N) is 1. The number of rotatable bonds is 6. The van der Waals surface area contributed by atoms with Crippen LogP contribution in [0.5, 0.6) is 0 Å². The highest BCUT2D eigenvalue weighted by molar-refractivity contribution is 6.99. The number of hydrogen-bond donors (Lipinski definition) is 2. The first-order valence-electron chi connectivity index (χ1n) is 12.5. The summed E-state index contributed by atoms with van der Waals surface area (Å²) in [5, 5.41) is 13.2. The zero-order valence-electron chi connectivity index (χ0n) is 21.6. The molecule has 2 aromatic heterocycles. The molecule has 3 heterocycles. The van der Waals surface area contributed by atoms with Gasteiger partial charge in [-0.2, -0.15) is 0 Å². The number of hydrogen-bond acceptors (Lipinski definition) is 6. The Hall–Kier alpha value is -3.55. The topological polar surface area (TPSA) is 95.4 Å². The van der Waals surface area contributed by atoms with E-state index in [9.17, 15) is 9.50 Å². The standard InChI is InChI=1S/C29H31FN4O3Si/c1-5-29(23(35)16-24(37-29)34-17-22(30)25-26(31)32-19-33-27(25)34)18-36-38(28(2,3)4,20-12-8-6-9-13-20)21-14-10-7-11-15-21/h1,6-15,17,19,23-24,35H,16,18H2,2-4H3,(H2,31,32,33)/t23-,24+,29+/m0/s1. The molecule has 0 saturated carbocycles. The lowest BCUT2D eigenvalue weighted by molar-refractivity contribution is -0.0857. The van der Waals surface area contributed by atoms with E-state index in [1.54, 1.807) is 0 Å². The smallest absolute Gasteiger partial charge is 0.261 e. The van der Waals surface area contributed by atoms with Gasteiger partial charge in [0.2, 0.25) is 0 Å². The summed E-state index contributed by atoms with van der Waals surface area (Å²) in [5.41, 5.74) is 4.70. The third kappa shape index (κ3) is 4.10. The number of nitrogens with zero attached hydrogens (tertiary/aromatic N) is 3. The first kappa shape index (κ1) is 26.1. The second-order valence-corrected chi connectivity index (χ2v) is 15.0. The molecular weight excluding hydrogens is 499 g/mol. The Morgan fingerprint density at radius 3 is 2.32 bits per heavy atom. The van der Waals surface area contributed by atoms with E-state index in [4.69, 9.17) is 21.3 Å². The molecular formula is C29H31FN4O3Si. The molecule has 1 aliphatic rings. The Balaban J connectivity index is 1.54. The normalized spacial score (nSPS) is 22.0. The molecule has 196 valence electrons. The summed E-state index contributed by atoms with van der Waals surface area (Å²) in [7, 11) is -2.95. The van der Waals surface area contributed by atoms with Crippen LogP contribution in [0.2, 0.25) is 5.04 Å². The molecule has 1 aliphatic heterocycles. The van der Waals surface area contributed by atoms with Crippen LogP contribution in [0.3, 0.4) is 0 Å². The molecule has 3 N–H and O–H groups in total. The molecule has 0 spiro atoms. The van der Waals surface area contributed by atoms with E-state index in [0.717, 1.165) is 10.4 Å². The number of halogens is 1. The third-order valence-electron chi connectivity index (χ3n) is 7.38. The monoisotopic (exact) mass is 530 g/mol. The van der Waals surface area contributed by atoms with Gasteiger partial charge >= 0.3 is 0 Å². The Morgan fingerprint density at radius 2 is 1.76 bits per heavy atom. The molecule has 3 atom stereocenters. The Labute approximate surface area is 222 Å². The van der Waals surface area contributed by atoms with Crippen molar-refractivity contribution in [3.8, 4) is 12.3 Å². The van der Waals surface area contributed by atoms with Gasteiger partial charge in [0.15, 0.2) is 17.1 Å². The van der Waals surface area contributed by atoms with E-state index in [1.165, 1.54) is 17.1 Å². The van der Waals surface area contributed by atoms with Gasteiger partial charge in [-0.15, -0.1) is 6.42 Å². The average Bonchev–Trinajstić information content (AvgIpc) is 3.42. The summed E-state index contributed by atoms with van der Waals surface area (Å²) in [6.45, 7) is 6.44. The van der Waals surface area contributed by atoms with Crippen LogP contribution in [0.1, 0.15) is 33.4 Å². The van der Waals surface area contributed by atoms with Gasteiger partial charge < -0.3 is 24.6 Å². The number of fused-ring (bicyclic) bond motifs is 1. The highest BCUT2D eigenvalue weighted by Gasteiger charge is 2.54. The van der Waals surface area contributed by atoms with Gasteiger partial charge in [-0.3, -0.25) is 0 Å². The highest BCUT2D eigenvalue weighted by Crippen LogP contribution is 2.42. The van der Waals surface area contributed by atoms with Crippen molar-refractivity contribution in [2.45, 2.75) is 50.2 Å². The largest absolute Gasteiger partial charge is 0.403 e.